The van der Waals surface area contributed by atoms with Crippen LogP contribution in [0.4, 0.5) is 0 Å². The molecule has 0 bridgehead atoms. The minimum atomic E-state index is -0.823. The Bertz CT molecular complexity index is 477. The van der Waals surface area contributed by atoms with Crippen molar-refractivity contribution in [2.45, 2.75) is 53.6 Å². The Morgan fingerprint density at radius 2 is 1.74 bits per heavy atom. The molecule has 0 spiro atoms. The van der Waals surface area contributed by atoms with Crippen molar-refractivity contribution in [3.05, 3.63) is 11.5 Å². The summed E-state index contributed by atoms with van der Waals surface area (Å²) in [6.07, 6.45) is 0.356. The van der Waals surface area contributed by atoms with E-state index in [2.05, 4.69) is 0 Å². The lowest BCUT2D eigenvalue weighted by Gasteiger charge is -2.30. The molecule has 1 aliphatic heterocycles. The normalized spacial score (nSPS) is 21.2. The Morgan fingerprint density at radius 1 is 1.17 bits per heavy atom. The van der Waals surface area contributed by atoms with Gasteiger partial charge in [0.25, 0.3) is 0 Å². The summed E-state index contributed by atoms with van der Waals surface area (Å²) in [5.74, 6) is -0.845. The molecule has 0 aromatic carbocycles. The highest BCUT2D eigenvalue weighted by atomic mass is 16.6. The Balaban J connectivity index is 2.81. The molecule has 6 heteroatoms. The molecule has 2 unspecified atom stereocenters. The number of rotatable bonds is 7. The molecule has 23 heavy (non-hydrogen) atoms. The number of allylic oxidation sites excluding steroid dienone is 1. The summed E-state index contributed by atoms with van der Waals surface area (Å²) < 4.78 is 16.0. The summed E-state index contributed by atoms with van der Waals surface area (Å²) in [5.41, 5.74) is 0. The Labute approximate surface area is 137 Å². The van der Waals surface area contributed by atoms with Gasteiger partial charge in [0.05, 0.1) is 0 Å². The zero-order valence-electron chi connectivity index (χ0n) is 14.5. The average molecular weight is 326 g/mol. The van der Waals surface area contributed by atoms with Gasteiger partial charge in [0.15, 0.2) is 11.9 Å². The van der Waals surface area contributed by atoms with Crippen molar-refractivity contribution in [1.29, 1.82) is 0 Å². The van der Waals surface area contributed by atoms with Crippen molar-refractivity contribution < 1.29 is 28.6 Å². The van der Waals surface area contributed by atoms with Gasteiger partial charge in [-0.2, -0.15) is 0 Å². The van der Waals surface area contributed by atoms with Gasteiger partial charge in [0, 0.05) is 12.8 Å². The number of carbonyl (C=O) groups excluding carboxylic acids is 3. The van der Waals surface area contributed by atoms with Crippen molar-refractivity contribution in [2.75, 3.05) is 6.61 Å². The SMILES string of the molecule is CC1=C(OC(=O)CC(C)C)C(C=O)C(OC(=O)CC(C)C)CO1. The van der Waals surface area contributed by atoms with Crippen LogP contribution in [0.25, 0.3) is 0 Å². The van der Waals surface area contributed by atoms with Crippen LogP contribution in [0.3, 0.4) is 0 Å². The van der Waals surface area contributed by atoms with Gasteiger partial charge in [-0.3, -0.25) is 9.59 Å². The summed E-state index contributed by atoms with van der Waals surface area (Å²) in [7, 11) is 0. The minimum absolute atomic E-state index is 0.0737. The van der Waals surface area contributed by atoms with Crippen LogP contribution < -0.4 is 0 Å². The topological polar surface area (TPSA) is 78.9 Å². The zero-order valence-corrected chi connectivity index (χ0v) is 14.5. The molecule has 130 valence electrons. The van der Waals surface area contributed by atoms with E-state index >= 15 is 0 Å². The van der Waals surface area contributed by atoms with E-state index in [9.17, 15) is 14.4 Å². The second-order valence-corrected chi connectivity index (χ2v) is 6.59. The first-order chi connectivity index (χ1) is 10.7. The van der Waals surface area contributed by atoms with Gasteiger partial charge in [-0.25, -0.2) is 0 Å². The van der Waals surface area contributed by atoms with Crippen LogP contribution in [0, 0.1) is 17.8 Å². The molecule has 6 nitrogen and oxygen atoms in total. The summed E-state index contributed by atoms with van der Waals surface area (Å²) in [5, 5.41) is 0. The van der Waals surface area contributed by atoms with Crippen LogP contribution >= 0.6 is 0 Å². The number of esters is 2. The molecular weight excluding hydrogens is 300 g/mol. The molecule has 1 rings (SSSR count). The van der Waals surface area contributed by atoms with E-state index in [4.69, 9.17) is 14.2 Å². The largest absolute Gasteiger partial charge is 0.491 e. The van der Waals surface area contributed by atoms with Crippen molar-refractivity contribution >= 4 is 18.2 Å². The predicted molar refractivity (Wildman–Crippen MR) is 83.1 cm³/mol. The molecule has 0 aliphatic carbocycles. The molecule has 0 amide bonds. The van der Waals surface area contributed by atoms with E-state index in [1.54, 1.807) is 6.92 Å². The van der Waals surface area contributed by atoms with Crippen LogP contribution in [0.1, 0.15) is 47.5 Å². The van der Waals surface area contributed by atoms with Crippen molar-refractivity contribution in [3.63, 3.8) is 0 Å². The first-order valence-electron chi connectivity index (χ1n) is 7.93. The fraction of sp³-hybridized carbons (Fsp3) is 0.706. The lowest BCUT2D eigenvalue weighted by Crippen LogP contribution is -2.38. The van der Waals surface area contributed by atoms with Gasteiger partial charge >= 0.3 is 11.9 Å². The van der Waals surface area contributed by atoms with Crippen LogP contribution in [0.5, 0.6) is 0 Å². The number of carbonyl (C=O) groups is 3. The number of ether oxygens (including phenoxy) is 3. The Kier molecular flexibility index (Phi) is 7.26. The number of hydrogen-bond donors (Lipinski definition) is 0. The van der Waals surface area contributed by atoms with Gasteiger partial charge in [-0.15, -0.1) is 0 Å². The average Bonchev–Trinajstić information content (AvgIpc) is 2.40. The third-order valence-corrected chi connectivity index (χ3v) is 3.32. The third-order valence-electron chi connectivity index (χ3n) is 3.32. The molecule has 2 atom stereocenters. The zero-order chi connectivity index (χ0) is 17.6. The lowest BCUT2D eigenvalue weighted by molar-refractivity contribution is -0.159. The summed E-state index contributed by atoms with van der Waals surface area (Å²) >= 11 is 0. The van der Waals surface area contributed by atoms with Crippen LogP contribution in [0.2, 0.25) is 0 Å². The first kappa shape index (κ1) is 19.2. The van der Waals surface area contributed by atoms with Crippen molar-refractivity contribution in [1.82, 2.24) is 0 Å². The van der Waals surface area contributed by atoms with Gasteiger partial charge in [-0.1, -0.05) is 27.7 Å². The van der Waals surface area contributed by atoms with Gasteiger partial charge in [0.2, 0.25) is 0 Å². The maximum Gasteiger partial charge on any atom is 0.311 e. The molecule has 0 aromatic heterocycles. The molecule has 0 radical (unpaired) electrons. The second-order valence-electron chi connectivity index (χ2n) is 6.59. The molecule has 0 saturated heterocycles. The van der Waals surface area contributed by atoms with Crippen LogP contribution in [-0.2, 0) is 28.6 Å². The lowest BCUT2D eigenvalue weighted by atomic mass is 9.98. The standard InChI is InChI=1S/C17H26O6/c1-10(2)6-15(19)22-14-9-21-12(5)17(13(14)8-18)23-16(20)7-11(3)4/h8,10-11,13-14H,6-7,9H2,1-5H3. The molecule has 1 heterocycles. The highest BCUT2D eigenvalue weighted by molar-refractivity contribution is 5.73. The van der Waals surface area contributed by atoms with Gasteiger partial charge in [0.1, 0.15) is 24.6 Å². The van der Waals surface area contributed by atoms with E-state index in [1.807, 2.05) is 27.7 Å². The van der Waals surface area contributed by atoms with E-state index in [0.717, 1.165) is 0 Å². The molecular formula is C17H26O6. The maximum absolute atomic E-state index is 11.9. The highest BCUT2D eigenvalue weighted by Gasteiger charge is 2.37. The molecule has 1 aliphatic rings. The minimum Gasteiger partial charge on any atom is -0.491 e. The van der Waals surface area contributed by atoms with Crippen molar-refractivity contribution in [2.24, 2.45) is 17.8 Å². The van der Waals surface area contributed by atoms with E-state index in [0.29, 0.717) is 12.0 Å². The van der Waals surface area contributed by atoms with E-state index < -0.39 is 24.0 Å². The highest BCUT2D eigenvalue weighted by Crippen LogP contribution is 2.28. The Morgan fingerprint density at radius 3 is 2.26 bits per heavy atom. The number of hydrogen-bond acceptors (Lipinski definition) is 6. The van der Waals surface area contributed by atoms with Gasteiger partial charge < -0.3 is 19.0 Å². The molecule has 0 aromatic rings. The maximum atomic E-state index is 11.9. The summed E-state index contributed by atoms with van der Waals surface area (Å²) in [4.78, 5) is 35.2. The smallest absolute Gasteiger partial charge is 0.311 e. The fourth-order valence-corrected chi connectivity index (χ4v) is 2.23. The molecule has 0 saturated carbocycles. The first-order valence-corrected chi connectivity index (χ1v) is 7.93. The van der Waals surface area contributed by atoms with Crippen LogP contribution in [-0.4, -0.2) is 30.9 Å². The van der Waals surface area contributed by atoms with Gasteiger partial charge in [-0.05, 0) is 18.8 Å². The quantitative estimate of drug-likeness (QED) is 0.528. The monoisotopic (exact) mass is 326 g/mol. The van der Waals surface area contributed by atoms with Crippen LogP contribution in [0.15, 0.2) is 11.5 Å². The van der Waals surface area contributed by atoms with E-state index in [1.165, 1.54) is 0 Å². The second kappa shape index (κ2) is 8.70. The summed E-state index contributed by atoms with van der Waals surface area (Å²) in [6, 6.07) is 0. The van der Waals surface area contributed by atoms with Crippen molar-refractivity contribution in [3.8, 4) is 0 Å². The third kappa shape index (κ3) is 6.04. The summed E-state index contributed by atoms with van der Waals surface area (Å²) in [6.45, 7) is 9.30. The number of aldehydes is 1. The predicted octanol–water partition coefficient (Wildman–Crippen LogP) is 2.61. The Hall–Kier alpha value is -1.85. The van der Waals surface area contributed by atoms with E-state index in [-0.39, 0.29) is 37.0 Å². The fourth-order valence-electron chi connectivity index (χ4n) is 2.23. The molecule has 0 fully saturated rings. The molecule has 0 N–H and O–H groups in total.